The van der Waals surface area contributed by atoms with Crippen LogP contribution in [-0.2, 0) is 0 Å². The van der Waals surface area contributed by atoms with E-state index in [-0.39, 0.29) is 23.3 Å². The highest BCUT2D eigenvalue weighted by atomic mass is 16.4. The predicted molar refractivity (Wildman–Crippen MR) is 118 cm³/mol. The first-order chi connectivity index (χ1) is 15.0. The fourth-order valence-corrected chi connectivity index (χ4v) is 4.32. The van der Waals surface area contributed by atoms with Crippen LogP contribution in [-0.4, -0.2) is 36.4 Å². The van der Waals surface area contributed by atoms with Gasteiger partial charge in [0.05, 0.1) is 11.3 Å². The first-order valence-corrected chi connectivity index (χ1v) is 10.9. The zero-order valence-electron chi connectivity index (χ0n) is 17.8. The Bertz CT molecular complexity index is 1100. The first-order valence-electron chi connectivity index (χ1n) is 10.9. The standard InChI is InChI=1S/C23H27N5O3/c1-3-6-14(2)20(29)18-11-16-13-25-23(26-19-10-9-15(12-24-19)22(30)31)27-21(16)28(18)17-7-4-5-8-17/h9-14,17H,3-8H2,1-2H3,(H,30,31)(H,24,25,26,27). The van der Waals surface area contributed by atoms with Crippen LogP contribution in [0.1, 0.15) is 79.3 Å². The van der Waals surface area contributed by atoms with Crippen molar-refractivity contribution in [3.05, 3.63) is 41.9 Å². The predicted octanol–water partition coefficient (Wildman–Crippen LogP) is 5.00. The lowest BCUT2D eigenvalue weighted by Gasteiger charge is -2.18. The van der Waals surface area contributed by atoms with Crippen molar-refractivity contribution in [1.82, 2.24) is 19.5 Å². The minimum atomic E-state index is -1.03. The number of carbonyl (C=O) groups is 2. The topological polar surface area (TPSA) is 110 Å². The normalized spacial score (nSPS) is 15.3. The summed E-state index contributed by atoms with van der Waals surface area (Å²) in [7, 11) is 0. The number of aromatic carboxylic acids is 1. The van der Waals surface area contributed by atoms with Gasteiger partial charge in [-0.05, 0) is 37.5 Å². The molecule has 0 aliphatic heterocycles. The van der Waals surface area contributed by atoms with Crippen LogP contribution in [0.5, 0.6) is 0 Å². The van der Waals surface area contributed by atoms with E-state index >= 15 is 0 Å². The molecule has 2 N–H and O–H groups in total. The van der Waals surface area contributed by atoms with Gasteiger partial charge in [0.1, 0.15) is 11.5 Å². The van der Waals surface area contributed by atoms with Gasteiger partial charge < -0.3 is 15.0 Å². The Labute approximate surface area is 180 Å². The van der Waals surface area contributed by atoms with E-state index in [1.165, 1.54) is 12.3 Å². The minimum Gasteiger partial charge on any atom is -0.478 e. The number of carboxylic acid groups (broad SMARTS) is 1. The third kappa shape index (κ3) is 4.28. The summed E-state index contributed by atoms with van der Waals surface area (Å²) in [5, 5.41) is 12.9. The van der Waals surface area contributed by atoms with E-state index in [1.54, 1.807) is 12.3 Å². The van der Waals surface area contributed by atoms with Crippen LogP contribution in [0.3, 0.4) is 0 Å². The molecule has 4 rings (SSSR count). The van der Waals surface area contributed by atoms with E-state index in [9.17, 15) is 9.59 Å². The van der Waals surface area contributed by atoms with Crippen molar-refractivity contribution in [3.63, 3.8) is 0 Å². The number of Topliss-reactive ketones (excluding diaryl/α,β-unsaturated/α-hetero) is 1. The molecule has 0 saturated heterocycles. The van der Waals surface area contributed by atoms with Crippen LogP contribution in [0, 0.1) is 5.92 Å². The van der Waals surface area contributed by atoms with E-state index < -0.39 is 5.97 Å². The van der Waals surface area contributed by atoms with Crippen molar-refractivity contribution in [2.45, 2.75) is 58.4 Å². The molecular formula is C23H27N5O3. The highest BCUT2D eigenvalue weighted by Crippen LogP contribution is 2.35. The number of hydrogen-bond acceptors (Lipinski definition) is 6. The molecule has 1 fully saturated rings. The molecule has 1 unspecified atom stereocenters. The number of fused-ring (bicyclic) bond motifs is 1. The SMILES string of the molecule is CCCC(C)C(=O)c1cc2cnc(Nc3ccc(C(=O)O)cn3)nc2n1C1CCCC1. The summed E-state index contributed by atoms with van der Waals surface area (Å²) in [4.78, 5) is 37.4. The lowest BCUT2D eigenvalue weighted by Crippen LogP contribution is -2.18. The van der Waals surface area contributed by atoms with Gasteiger partial charge in [-0.3, -0.25) is 4.79 Å². The zero-order valence-corrected chi connectivity index (χ0v) is 17.8. The van der Waals surface area contributed by atoms with Crippen molar-refractivity contribution < 1.29 is 14.7 Å². The van der Waals surface area contributed by atoms with E-state index in [4.69, 9.17) is 10.1 Å². The minimum absolute atomic E-state index is 0.0306. The van der Waals surface area contributed by atoms with Crippen molar-refractivity contribution in [1.29, 1.82) is 0 Å². The first kappa shape index (κ1) is 21.0. The van der Waals surface area contributed by atoms with Gasteiger partial charge in [-0.2, -0.15) is 4.98 Å². The summed E-state index contributed by atoms with van der Waals surface area (Å²) < 4.78 is 2.12. The molecule has 8 nitrogen and oxygen atoms in total. The summed E-state index contributed by atoms with van der Waals surface area (Å²) in [6, 6.07) is 5.24. The van der Waals surface area contributed by atoms with Crippen molar-refractivity contribution in [2.75, 3.05) is 5.32 Å². The number of carbonyl (C=O) groups excluding carboxylic acids is 1. The van der Waals surface area contributed by atoms with Crippen LogP contribution in [0.15, 0.2) is 30.6 Å². The maximum Gasteiger partial charge on any atom is 0.337 e. The number of nitrogens with zero attached hydrogens (tertiary/aromatic N) is 4. The molecule has 1 aliphatic rings. The summed E-state index contributed by atoms with van der Waals surface area (Å²) >= 11 is 0. The Balaban J connectivity index is 1.71. The van der Waals surface area contributed by atoms with Gasteiger partial charge in [-0.1, -0.05) is 33.1 Å². The van der Waals surface area contributed by atoms with Crippen LogP contribution in [0.4, 0.5) is 11.8 Å². The number of aromatic nitrogens is 4. The molecule has 1 atom stereocenters. The molecule has 0 radical (unpaired) electrons. The monoisotopic (exact) mass is 421 g/mol. The number of pyridine rings is 1. The molecule has 3 aromatic heterocycles. The molecule has 0 aromatic carbocycles. The van der Waals surface area contributed by atoms with Crippen molar-refractivity contribution in [2.24, 2.45) is 5.92 Å². The van der Waals surface area contributed by atoms with Gasteiger partial charge in [-0.25, -0.2) is 14.8 Å². The Kier molecular flexibility index (Phi) is 5.97. The summed E-state index contributed by atoms with van der Waals surface area (Å²) in [5.41, 5.74) is 1.58. The number of carboxylic acids is 1. The van der Waals surface area contributed by atoms with Gasteiger partial charge in [0.2, 0.25) is 5.95 Å². The van der Waals surface area contributed by atoms with Crippen LogP contribution in [0.25, 0.3) is 11.0 Å². The van der Waals surface area contributed by atoms with Crippen LogP contribution >= 0.6 is 0 Å². The van der Waals surface area contributed by atoms with E-state index in [2.05, 4.69) is 26.8 Å². The third-order valence-corrected chi connectivity index (χ3v) is 5.94. The molecule has 0 amide bonds. The van der Waals surface area contributed by atoms with Gasteiger partial charge in [0, 0.05) is 29.7 Å². The van der Waals surface area contributed by atoms with Gasteiger partial charge in [0.15, 0.2) is 5.78 Å². The molecule has 3 heterocycles. The molecular weight excluding hydrogens is 394 g/mol. The summed E-state index contributed by atoms with van der Waals surface area (Å²) in [6.07, 6.45) is 9.23. The quantitative estimate of drug-likeness (QED) is 0.492. The van der Waals surface area contributed by atoms with Gasteiger partial charge in [0.25, 0.3) is 0 Å². The van der Waals surface area contributed by atoms with E-state index in [0.717, 1.165) is 55.3 Å². The Morgan fingerprint density at radius 1 is 1.23 bits per heavy atom. The number of hydrogen-bond donors (Lipinski definition) is 2. The number of ketones is 1. The zero-order chi connectivity index (χ0) is 22.0. The van der Waals surface area contributed by atoms with E-state index in [1.807, 2.05) is 13.0 Å². The Morgan fingerprint density at radius 2 is 2.00 bits per heavy atom. The number of anilines is 2. The number of rotatable bonds is 8. The highest BCUT2D eigenvalue weighted by molar-refractivity contribution is 6.00. The van der Waals surface area contributed by atoms with Crippen molar-refractivity contribution >= 4 is 34.6 Å². The fourth-order valence-electron chi connectivity index (χ4n) is 4.32. The average molecular weight is 422 g/mol. The molecule has 0 spiro atoms. The van der Waals surface area contributed by atoms with Gasteiger partial charge in [-0.15, -0.1) is 0 Å². The Hall–Kier alpha value is -3.29. The smallest absolute Gasteiger partial charge is 0.337 e. The van der Waals surface area contributed by atoms with Crippen LogP contribution in [0.2, 0.25) is 0 Å². The molecule has 1 aliphatic carbocycles. The summed E-state index contributed by atoms with van der Waals surface area (Å²) in [6.45, 7) is 4.09. The molecule has 31 heavy (non-hydrogen) atoms. The summed E-state index contributed by atoms with van der Waals surface area (Å²) in [5.74, 6) is -0.0815. The second kappa shape index (κ2) is 8.83. The molecule has 162 valence electrons. The second-order valence-corrected chi connectivity index (χ2v) is 8.23. The highest BCUT2D eigenvalue weighted by Gasteiger charge is 2.27. The van der Waals surface area contributed by atoms with Gasteiger partial charge >= 0.3 is 5.97 Å². The largest absolute Gasteiger partial charge is 0.478 e. The average Bonchev–Trinajstić information content (AvgIpc) is 3.41. The fraction of sp³-hybridized carbons (Fsp3) is 0.435. The molecule has 0 bridgehead atoms. The molecule has 8 heteroatoms. The second-order valence-electron chi connectivity index (χ2n) is 8.23. The third-order valence-electron chi connectivity index (χ3n) is 5.94. The van der Waals surface area contributed by atoms with Crippen LogP contribution < -0.4 is 5.32 Å². The maximum atomic E-state index is 13.2. The maximum absolute atomic E-state index is 13.2. The Morgan fingerprint density at radius 3 is 2.65 bits per heavy atom. The molecule has 1 saturated carbocycles. The van der Waals surface area contributed by atoms with Crippen molar-refractivity contribution in [3.8, 4) is 0 Å². The molecule has 3 aromatic rings. The lowest BCUT2D eigenvalue weighted by atomic mass is 9.98. The lowest BCUT2D eigenvalue weighted by molar-refractivity contribution is 0.0696. The number of nitrogens with one attached hydrogen (secondary N) is 1. The van der Waals surface area contributed by atoms with E-state index in [0.29, 0.717) is 11.8 Å².